The van der Waals surface area contributed by atoms with Crippen LogP contribution in [0.25, 0.3) is 0 Å². The monoisotopic (exact) mass is 151 g/mol. The van der Waals surface area contributed by atoms with Gasteiger partial charge >= 0.3 is 0 Å². The quantitative estimate of drug-likeness (QED) is 0.712. The topological polar surface area (TPSA) is 25.2 Å². The number of hydrogen-bond donors (Lipinski definition) is 1. The molecule has 0 bridgehead atoms. The van der Waals surface area contributed by atoms with Gasteiger partial charge in [0.15, 0.2) is 0 Å². The molecule has 0 amide bonds. The lowest BCUT2D eigenvalue weighted by molar-refractivity contribution is 0.478. The van der Waals surface area contributed by atoms with Gasteiger partial charge < -0.3 is 9.73 Å². The van der Waals surface area contributed by atoms with E-state index < -0.39 is 0 Å². The third-order valence-electron chi connectivity index (χ3n) is 2.23. The molecule has 60 valence electrons. The molecule has 2 rings (SSSR count). The highest BCUT2D eigenvalue weighted by molar-refractivity contribution is 4.99. The van der Waals surface area contributed by atoms with E-state index >= 15 is 0 Å². The van der Waals surface area contributed by atoms with Crippen molar-refractivity contribution in [2.75, 3.05) is 0 Å². The predicted octanol–water partition coefficient (Wildman–Crippen LogP) is 1.78. The van der Waals surface area contributed by atoms with Gasteiger partial charge in [-0.1, -0.05) is 6.92 Å². The van der Waals surface area contributed by atoms with Crippen LogP contribution in [0.1, 0.15) is 19.1 Å². The highest BCUT2D eigenvalue weighted by Gasteiger charge is 2.31. The van der Waals surface area contributed by atoms with Gasteiger partial charge in [0.05, 0.1) is 12.8 Å². The minimum absolute atomic E-state index is 0.736. The molecule has 0 spiro atoms. The number of furan rings is 1. The molecule has 1 N–H and O–H groups in total. The predicted molar refractivity (Wildman–Crippen MR) is 43.1 cm³/mol. The summed E-state index contributed by atoms with van der Waals surface area (Å²) in [4.78, 5) is 0. The Morgan fingerprint density at radius 2 is 2.55 bits per heavy atom. The Balaban J connectivity index is 1.75. The van der Waals surface area contributed by atoms with Crippen molar-refractivity contribution >= 4 is 0 Å². The summed E-state index contributed by atoms with van der Waals surface area (Å²) in [6, 6.07) is 4.66. The fraction of sp³-hybridized carbons (Fsp3) is 0.556. The molecule has 0 aromatic carbocycles. The lowest BCUT2D eigenvalue weighted by atomic mass is 10.4. The SMILES string of the molecule is C[C@@H]1C[C@H]1NCc1ccco1. The average Bonchev–Trinajstić information content (AvgIpc) is 2.55. The first-order chi connectivity index (χ1) is 5.36. The second-order valence-corrected chi connectivity index (χ2v) is 3.28. The summed E-state index contributed by atoms with van der Waals surface area (Å²) in [5.74, 6) is 1.90. The van der Waals surface area contributed by atoms with Crippen LogP contribution in [0.4, 0.5) is 0 Å². The smallest absolute Gasteiger partial charge is 0.117 e. The fourth-order valence-electron chi connectivity index (χ4n) is 1.25. The summed E-state index contributed by atoms with van der Waals surface area (Å²) in [5, 5.41) is 3.42. The van der Waals surface area contributed by atoms with Gasteiger partial charge in [-0.2, -0.15) is 0 Å². The van der Waals surface area contributed by atoms with Crippen LogP contribution < -0.4 is 5.32 Å². The van der Waals surface area contributed by atoms with Crippen molar-refractivity contribution in [3.8, 4) is 0 Å². The fourth-order valence-corrected chi connectivity index (χ4v) is 1.25. The molecule has 0 radical (unpaired) electrons. The van der Waals surface area contributed by atoms with E-state index in [0.717, 1.165) is 24.3 Å². The lowest BCUT2D eigenvalue weighted by Crippen LogP contribution is -2.16. The molecular weight excluding hydrogens is 138 g/mol. The minimum Gasteiger partial charge on any atom is -0.468 e. The number of rotatable bonds is 3. The highest BCUT2D eigenvalue weighted by atomic mass is 16.3. The molecular formula is C9H13NO. The maximum absolute atomic E-state index is 5.18. The number of hydrogen-bond acceptors (Lipinski definition) is 2. The summed E-state index contributed by atoms with van der Waals surface area (Å²) >= 11 is 0. The van der Waals surface area contributed by atoms with Gasteiger partial charge in [-0.05, 0) is 24.5 Å². The first kappa shape index (κ1) is 6.92. The van der Waals surface area contributed by atoms with Crippen LogP contribution in [0, 0.1) is 5.92 Å². The second-order valence-electron chi connectivity index (χ2n) is 3.28. The Hall–Kier alpha value is -0.760. The van der Waals surface area contributed by atoms with Gasteiger partial charge in [-0.3, -0.25) is 0 Å². The molecule has 0 unspecified atom stereocenters. The zero-order valence-corrected chi connectivity index (χ0v) is 6.71. The van der Waals surface area contributed by atoms with Gasteiger partial charge in [-0.15, -0.1) is 0 Å². The van der Waals surface area contributed by atoms with Gasteiger partial charge in [0.2, 0.25) is 0 Å². The molecule has 2 atom stereocenters. The molecule has 1 aromatic heterocycles. The molecule has 1 aliphatic carbocycles. The van der Waals surface area contributed by atoms with Crippen molar-refractivity contribution in [1.29, 1.82) is 0 Å². The first-order valence-electron chi connectivity index (χ1n) is 4.12. The van der Waals surface area contributed by atoms with E-state index in [2.05, 4.69) is 12.2 Å². The third kappa shape index (κ3) is 1.63. The normalized spacial score (nSPS) is 28.8. The molecule has 1 heterocycles. The summed E-state index contributed by atoms with van der Waals surface area (Å²) < 4.78 is 5.18. The van der Waals surface area contributed by atoms with E-state index in [4.69, 9.17) is 4.42 Å². The Kier molecular flexibility index (Phi) is 1.70. The van der Waals surface area contributed by atoms with Gasteiger partial charge in [0.25, 0.3) is 0 Å². The Labute approximate surface area is 66.6 Å². The maximum Gasteiger partial charge on any atom is 0.117 e. The second kappa shape index (κ2) is 2.70. The van der Waals surface area contributed by atoms with Crippen molar-refractivity contribution in [2.24, 2.45) is 5.92 Å². The summed E-state index contributed by atoms with van der Waals surface area (Å²) in [6.07, 6.45) is 3.04. The van der Waals surface area contributed by atoms with E-state index in [1.165, 1.54) is 6.42 Å². The molecule has 1 saturated carbocycles. The molecule has 1 aromatic rings. The van der Waals surface area contributed by atoms with E-state index in [1.54, 1.807) is 6.26 Å². The average molecular weight is 151 g/mol. The minimum atomic E-state index is 0.736. The van der Waals surface area contributed by atoms with E-state index in [0.29, 0.717) is 0 Å². The molecule has 11 heavy (non-hydrogen) atoms. The molecule has 0 aliphatic heterocycles. The van der Waals surface area contributed by atoms with Crippen LogP contribution in [-0.2, 0) is 6.54 Å². The van der Waals surface area contributed by atoms with Crippen LogP contribution in [0.5, 0.6) is 0 Å². The van der Waals surface area contributed by atoms with Crippen molar-refractivity contribution < 1.29 is 4.42 Å². The van der Waals surface area contributed by atoms with Crippen LogP contribution in [0.2, 0.25) is 0 Å². The van der Waals surface area contributed by atoms with Crippen molar-refractivity contribution in [1.82, 2.24) is 5.32 Å². The van der Waals surface area contributed by atoms with Gasteiger partial charge in [0.1, 0.15) is 5.76 Å². The molecule has 1 aliphatic rings. The van der Waals surface area contributed by atoms with Crippen molar-refractivity contribution in [3.05, 3.63) is 24.2 Å². The van der Waals surface area contributed by atoms with Gasteiger partial charge in [-0.25, -0.2) is 0 Å². The third-order valence-corrected chi connectivity index (χ3v) is 2.23. The maximum atomic E-state index is 5.18. The first-order valence-corrected chi connectivity index (χ1v) is 4.12. The Morgan fingerprint density at radius 3 is 3.09 bits per heavy atom. The zero-order valence-electron chi connectivity index (χ0n) is 6.71. The standard InChI is InChI=1S/C9H13NO/c1-7-5-9(7)10-6-8-3-2-4-11-8/h2-4,7,9-10H,5-6H2,1H3/t7-,9-/m1/s1. The van der Waals surface area contributed by atoms with Crippen LogP contribution >= 0.6 is 0 Å². The summed E-state index contributed by atoms with van der Waals surface area (Å²) in [5.41, 5.74) is 0. The van der Waals surface area contributed by atoms with Crippen LogP contribution in [0.15, 0.2) is 22.8 Å². The van der Waals surface area contributed by atoms with E-state index in [9.17, 15) is 0 Å². The largest absolute Gasteiger partial charge is 0.468 e. The van der Waals surface area contributed by atoms with Crippen molar-refractivity contribution in [3.63, 3.8) is 0 Å². The Morgan fingerprint density at radius 1 is 1.73 bits per heavy atom. The van der Waals surface area contributed by atoms with Crippen LogP contribution in [-0.4, -0.2) is 6.04 Å². The summed E-state index contributed by atoms with van der Waals surface area (Å²) in [6.45, 7) is 3.14. The number of nitrogens with one attached hydrogen (secondary N) is 1. The zero-order chi connectivity index (χ0) is 7.68. The van der Waals surface area contributed by atoms with Crippen LogP contribution in [0.3, 0.4) is 0 Å². The molecule has 2 heteroatoms. The lowest BCUT2D eigenvalue weighted by Gasteiger charge is -1.98. The van der Waals surface area contributed by atoms with Crippen molar-refractivity contribution in [2.45, 2.75) is 25.9 Å². The Bertz CT molecular complexity index is 217. The highest BCUT2D eigenvalue weighted by Crippen LogP contribution is 2.29. The molecule has 1 fully saturated rings. The van der Waals surface area contributed by atoms with E-state index in [-0.39, 0.29) is 0 Å². The van der Waals surface area contributed by atoms with Gasteiger partial charge in [0, 0.05) is 6.04 Å². The summed E-state index contributed by atoms with van der Waals surface area (Å²) in [7, 11) is 0. The molecule has 2 nitrogen and oxygen atoms in total. The molecule has 0 saturated heterocycles. The van der Waals surface area contributed by atoms with E-state index in [1.807, 2.05) is 12.1 Å².